The first-order valence-electron chi connectivity index (χ1n) is 5.28. The van der Waals surface area contributed by atoms with Crippen molar-refractivity contribution in [2.24, 2.45) is 11.3 Å². The number of carbonyl (C=O) groups is 2. The molecule has 0 aromatic heterocycles. The van der Waals surface area contributed by atoms with Gasteiger partial charge in [-0.05, 0) is 38.5 Å². The number of rotatable bonds is 3. The monoisotopic (exact) mass is 214 g/mol. The molecular weight excluding hydrogens is 196 g/mol. The molecule has 0 radical (unpaired) electrons. The van der Waals surface area contributed by atoms with Crippen LogP contribution >= 0.6 is 0 Å². The zero-order chi connectivity index (χ0) is 11.5. The van der Waals surface area contributed by atoms with E-state index in [0.29, 0.717) is 0 Å². The van der Waals surface area contributed by atoms with Gasteiger partial charge in [-0.15, -0.1) is 0 Å². The van der Waals surface area contributed by atoms with Gasteiger partial charge < -0.3 is 9.84 Å². The molecule has 1 fully saturated rings. The maximum atomic E-state index is 11.5. The molecule has 86 valence electrons. The van der Waals surface area contributed by atoms with Crippen molar-refractivity contribution >= 4 is 11.9 Å². The van der Waals surface area contributed by atoms with Crippen molar-refractivity contribution in [1.82, 2.24) is 0 Å². The third-order valence-corrected chi connectivity index (χ3v) is 3.35. The Labute approximate surface area is 89.6 Å². The summed E-state index contributed by atoms with van der Waals surface area (Å²) in [7, 11) is 1.40. The van der Waals surface area contributed by atoms with Crippen molar-refractivity contribution in [3.63, 3.8) is 0 Å². The fraction of sp³-hybridized carbons (Fsp3) is 0.818. The molecule has 1 saturated carbocycles. The number of carboxylic acid groups (broad SMARTS) is 1. The number of esters is 1. The van der Waals surface area contributed by atoms with E-state index < -0.39 is 11.4 Å². The molecular formula is C11H18O4. The fourth-order valence-corrected chi connectivity index (χ4v) is 2.22. The molecule has 1 rings (SSSR count). The molecule has 0 spiro atoms. The molecule has 0 aromatic carbocycles. The van der Waals surface area contributed by atoms with Crippen LogP contribution < -0.4 is 0 Å². The van der Waals surface area contributed by atoms with E-state index in [4.69, 9.17) is 9.84 Å². The van der Waals surface area contributed by atoms with Crippen molar-refractivity contribution in [3.05, 3.63) is 0 Å². The third kappa shape index (κ3) is 2.94. The highest BCUT2D eigenvalue weighted by molar-refractivity contribution is 5.76. The predicted molar refractivity (Wildman–Crippen MR) is 54.3 cm³/mol. The first kappa shape index (κ1) is 12.0. The second-order valence-corrected chi connectivity index (χ2v) is 4.59. The molecule has 0 bridgehead atoms. The fourth-order valence-electron chi connectivity index (χ4n) is 2.22. The number of ether oxygens (including phenoxy) is 1. The predicted octanol–water partition coefficient (Wildman–Crippen LogP) is 1.83. The lowest BCUT2D eigenvalue weighted by molar-refractivity contribution is -0.154. The molecule has 0 aromatic rings. The van der Waals surface area contributed by atoms with E-state index >= 15 is 0 Å². The molecule has 0 amide bonds. The summed E-state index contributed by atoms with van der Waals surface area (Å²) in [6.07, 6.45) is 3.29. The van der Waals surface area contributed by atoms with Crippen molar-refractivity contribution in [2.75, 3.05) is 7.11 Å². The first-order valence-corrected chi connectivity index (χ1v) is 5.28. The number of aliphatic carboxylic acids is 1. The summed E-state index contributed by atoms with van der Waals surface area (Å²) in [6.45, 7) is 1.90. The second kappa shape index (κ2) is 4.64. The highest BCUT2D eigenvalue weighted by Crippen LogP contribution is 2.40. The standard InChI is InChI=1S/C11H18O4/c1-11(10(14)15-2)5-3-8(4-6-11)7-9(12)13/h8H,3-7H2,1-2H3,(H,12,13). The first-order chi connectivity index (χ1) is 6.98. The van der Waals surface area contributed by atoms with Crippen LogP contribution in [0.2, 0.25) is 0 Å². The third-order valence-electron chi connectivity index (χ3n) is 3.35. The van der Waals surface area contributed by atoms with Crippen LogP contribution in [0.3, 0.4) is 0 Å². The van der Waals surface area contributed by atoms with E-state index in [1.165, 1.54) is 7.11 Å². The molecule has 0 atom stereocenters. The normalized spacial score (nSPS) is 30.9. The van der Waals surface area contributed by atoms with Gasteiger partial charge in [-0.2, -0.15) is 0 Å². The quantitative estimate of drug-likeness (QED) is 0.728. The summed E-state index contributed by atoms with van der Waals surface area (Å²) in [5, 5.41) is 8.66. The van der Waals surface area contributed by atoms with Crippen molar-refractivity contribution in [3.8, 4) is 0 Å². The molecule has 1 aliphatic carbocycles. The molecule has 0 aliphatic heterocycles. The molecule has 0 unspecified atom stereocenters. The molecule has 4 nitrogen and oxygen atoms in total. The van der Waals surface area contributed by atoms with Gasteiger partial charge in [0.15, 0.2) is 0 Å². The Morgan fingerprint density at radius 1 is 1.40 bits per heavy atom. The van der Waals surface area contributed by atoms with Crippen LogP contribution in [0.25, 0.3) is 0 Å². The number of carboxylic acids is 1. The number of carbonyl (C=O) groups excluding carboxylic acids is 1. The van der Waals surface area contributed by atoms with Crippen LogP contribution in [0.15, 0.2) is 0 Å². The van der Waals surface area contributed by atoms with Gasteiger partial charge >= 0.3 is 11.9 Å². The maximum Gasteiger partial charge on any atom is 0.311 e. The van der Waals surface area contributed by atoms with Crippen molar-refractivity contribution < 1.29 is 19.4 Å². The van der Waals surface area contributed by atoms with Crippen molar-refractivity contribution in [1.29, 1.82) is 0 Å². The molecule has 0 saturated heterocycles. The topological polar surface area (TPSA) is 63.6 Å². The lowest BCUT2D eigenvalue weighted by atomic mass is 9.71. The number of methoxy groups -OCH3 is 1. The van der Waals surface area contributed by atoms with Crippen LogP contribution in [-0.2, 0) is 14.3 Å². The van der Waals surface area contributed by atoms with Crippen LogP contribution in [0.4, 0.5) is 0 Å². The average Bonchev–Trinajstić information content (AvgIpc) is 2.20. The van der Waals surface area contributed by atoms with E-state index in [1.54, 1.807) is 0 Å². The van der Waals surface area contributed by atoms with Gasteiger partial charge in [-0.1, -0.05) is 0 Å². The Morgan fingerprint density at radius 2 is 1.93 bits per heavy atom. The smallest absolute Gasteiger partial charge is 0.311 e. The second-order valence-electron chi connectivity index (χ2n) is 4.59. The Bertz CT molecular complexity index is 251. The van der Waals surface area contributed by atoms with Crippen LogP contribution in [0.5, 0.6) is 0 Å². The van der Waals surface area contributed by atoms with Crippen LogP contribution in [0.1, 0.15) is 39.0 Å². The Kier molecular flexibility index (Phi) is 3.72. The summed E-state index contributed by atoms with van der Waals surface area (Å²) in [5.74, 6) is -0.696. The zero-order valence-electron chi connectivity index (χ0n) is 9.28. The van der Waals surface area contributed by atoms with Gasteiger partial charge in [0, 0.05) is 6.42 Å². The maximum absolute atomic E-state index is 11.5. The molecule has 0 heterocycles. The Hall–Kier alpha value is -1.06. The minimum Gasteiger partial charge on any atom is -0.481 e. The number of hydrogen-bond donors (Lipinski definition) is 1. The van der Waals surface area contributed by atoms with Gasteiger partial charge in [0.1, 0.15) is 0 Å². The van der Waals surface area contributed by atoms with Gasteiger partial charge in [0.2, 0.25) is 0 Å². The SMILES string of the molecule is COC(=O)C1(C)CCC(CC(=O)O)CC1. The largest absolute Gasteiger partial charge is 0.481 e. The Morgan fingerprint density at radius 3 is 2.33 bits per heavy atom. The number of hydrogen-bond acceptors (Lipinski definition) is 3. The zero-order valence-corrected chi connectivity index (χ0v) is 9.28. The highest BCUT2D eigenvalue weighted by Gasteiger charge is 2.38. The molecule has 4 heteroatoms. The molecule has 1 aliphatic rings. The van der Waals surface area contributed by atoms with Crippen molar-refractivity contribution in [2.45, 2.75) is 39.0 Å². The highest BCUT2D eigenvalue weighted by atomic mass is 16.5. The average molecular weight is 214 g/mol. The van der Waals surface area contributed by atoms with Crippen LogP contribution in [-0.4, -0.2) is 24.2 Å². The summed E-state index contributed by atoms with van der Waals surface area (Å²) in [4.78, 5) is 22.0. The summed E-state index contributed by atoms with van der Waals surface area (Å²) >= 11 is 0. The lowest BCUT2D eigenvalue weighted by Gasteiger charge is -2.34. The van der Waals surface area contributed by atoms with Gasteiger partial charge in [0.05, 0.1) is 12.5 Å². The summed E-state index contributed by atoms with van der Waals surface area (Å²) in [5.41, 5.74) is -0.399. The van der Waals surface area contributed by atoms with Crippen LogP contribution in [0, 0.1) is 11.3 Å². The van der Waals surface area contributed by atoms with Gasteiger partial charge in [-0.25, -0.2) is 0 Å². The van der Waals surface area contributed by atoms with Gasteiger partial charge in [-0.3, -0.25) is 9.59 Å². The minimum absolute atomic E-state index is 0.170. The summed E-state index contributed by atoms with van der Waals surface area (Å²) < 4.78 is 4.75. The minimum atomic E-state index is -0.748. The van der Waals surface area contributed by atoms with E-state index in [9.17, 15) is 9.59 Å². The van der Waals surface area contributed by atoms with Gasteiger partial charge in [0.25, 0.3) is 0 Å². The summed E-state index contributed by atoms with van der Waals surface area (Å²) in [6, 6.07) is 0. The lowest BCUT2D eigenvalue weighted by Crippen LogP contribution is -2.34. The Balaban J connectivity index is 2.47. The van der Waals surface area contributed by atoms with E-state index in [1.807, 2.05) is 6.92 Å². The van der Waals surface area contributed by atoms with E-state index in [2.05, 4.69) is 0 Å². The molecule has 1 N–H and O–H groups in total. The van der Waals surface area contributed by atoms with E-state index in [0.717, 1.165) is 25.7 Å². The van der Waals surface area contributed by atoms with E-state index in [-0.39, 0.29) is 18.3 Å². The molecule has 15 heavy (non-hydrogen) atoms.